The highest BCUT2D eigenvalue weighted by Gasteiger charge is 2.04. The molecule has 19 heavy (non-hydrogen) atoms. The SMILES string of the molecule is CCc1cccc(CC)c1N=Cc1ccccc1O. The number of nitrogens with zero attached hydrogens (tertiary/aromatic N) is 1. The fourth-order valence-corrected chi connectivity index (χ4v) is 2.11. The van der Waals surface area contributed by atoms with Crippen LogP contribution >= 0.6 is 0 Å². The Morgan fingerprint density at radius 1 is 0.947 bits per heavy atom. The van der Waals surface area contributed by atoms with Gasteiger partial charge in [-0.15, -0.1) is 0 Å². The summed E-state index contributed by atoms with van der Waals surface area (Å²) in [7, 11) is 0. The van der Waals surface area contributed by atoms with E-state index in [2.05, 4.69) is 37.0 Å². The topological polar surface area (TPSA) is 32.6 Å². The van der Waals surface area contributed by atoms with Gasteiger partial charge in [-0.25, -0.2) is 0 Å². The van der Waals surface area contributed by atoms with Crippen LogP contribution in [-0.2, 0) is 12.8 Å². The highest BCUT2D eigenvalue weighted by molar-refractivity contribution is 5.85. The number of para-hydroxylation sites is 2. The summed E-state index contributed by atoms with van der Waals surface area (Å²) in [6, 6.07) is 13.5. The third-order valence-electron chi connectivity index (χ3n) is 3.23. The third-order valence-corrected chi connectivity index (χ3v) is 3.23. The van der Waals surface area contributed by atoms with E-state index in [4.69, 9.17) is 0 Å². The first-order valence-corrected chi connectivity index (χ1v) is 6.69. The summed E-state index contributed by atoms with van der Waals surface area (Å²) < 4.78 is 0. The molecule has 0 atom stereocenters. The molecule has 2 aromatic carbocycles. The Bertz CT molecular complexity index is 565. The zero-order chi connectivity index (χ0) is 13.7. The lowest BCUT2D eigenvalue weighted by atomic mass is 10.0. The second-order valence-corrected chi connectivity index (χ2v) is 4.45. The number of rotatable bonds is 4. The Kier molecular flexibility index (Phi) is 4.35. The molecule has 0 spiro atoms. The smallest absolute Gasteiger partial charge is 0.124 e. The quantitative estimate of drug-likeness (QED) is 0.811. The molecule has 2 aromatic rings. The van der Waals surface area contributed by atoms with Crippen LogP contribution in [0.3, 0.4) is 0 Å². The minimum Gasteiger partial charge on any atom is -0.507 e. The van der Waals surface area contributed by atoms with Gasteiger partial charge in [-0.2, -0.15) is 0 Å². The fraction of sp³-hybridized carbons (Fsp3) is 0.235. The molecule has 0 unspecified atom stereocenters. The van der Waals surface area contributed by atoms with Gasteiger partial charge in [-0.1, -0.05) is 44.2 Å². The van der Waals surface area contributed by atoms with Crippen LogP contribution in [0, 0.1) is 0 Å². The first kappa shape index (κ1) is 13.3. The van der Waals surface area contributed by atoms with Crippen LogP contribution in [0.25, 0.3) is 0 Å². The number of aliphatic imine (C=N–C) groups is 1. The molecule has 0 fully saturated rings. The van der Waals surface area contributed by atoms with Gasteiger partial charge in [0.25, 0.3) is 0 Å². The van der Waals surface area contributed by atoms with E-state index in [1.807, 2.05) is 18.2 Å². The number of benzene rings is 2. The Morgan fingerprint density at radius 3 is 2.16 bits per heavy atom. The van der Waals surface area contributed by atoms with Crippen molar-refractivity contribution in [1.82, 2.24) is 0 Å². The van der Waals surface area contributed by atoms with E-state index in [0.29, 0.717) is 0 Å². The summed E-state index contributed by atoms with van der Waals surface area (Å²) in [5, 5.41) is 9.75. The van der Waals surface area contributed by atoms with Crippen molar-refractivity contribution in [2.24, 2.45) is 4.99 Å². The lowest BCUT2D eigenvalue weighted by molar-refractivity contribution is 0.474. The maximum absolute atomic E-state index is 9.75. The highest BCUT2D eigenvalue weighted by Crippen LogP contribution is 2.26. The van der Waals surface area contributed by atoms with E-state index < -0.39 is 0 Å². The predicted octanol–water partition coefficient (Wildman–Crippen LogP) is 4.27. The maximum atomic E-state index is 9.75. The molecule has 2 heteroatoms. The summed E-state index contributed by atoms with van der Waals surface area (Å²) in [4.78, 5) is 4.59. The molecule has 0 aliphatic rings. The van der Waals surface area contributed by atoms with Crippen molar-refractivity contribution in [3.8, 4) is 5.75 Å². The molecule has 0 saturated carbocycles. The number of phenols is 1. The van der Waals surface area contributed by atoms with E-state index in [1.54, 1.807) is 12.3 Å². The Morgan fingerprint density at radius 2 is 1.58 bits per heavy atom. The van der Waals surface area contributed by atoms with E-state index in [9.17, 15) is 5.11 Å². The van der Waals surface area contributed by atoms with Gasteiger partial charge in [0.05, 0.1) is 5.69 Å². The molecule has 0 amide bonds. The number of aryl methyl sites for hydroxylation is 2. The molecule has 98 valence electrons. The average Bonchev–Trinajstić information content (AvgIpc) is 2.46. The standard InChI is InChI=1S/C17H19NO/c1-3-13-9-7-10-14(4-2)17(13)18-12-15-8-5-6-11-16(15)19/h5-12,19H,3-4H2,1-2H3. The predicted molar refractivity (Wildman–Crippen MR) is 80.6 cm³/mol. The van der Waals surface area contributed by atoms with Crippen LogP contribution in [0.1, 0.15) is 30.5 Å². The molecule has 0 aromatic heterocycles. The van der Waals surface area contributed by atoms with Crippen LogP contribution in [0.5, 0.6) is 5.75 Å². The summed E-state index contributed by atoms with van der Waals surface area (Å²) in [5.74, 6) is 0.262. The lowest BCUT2D eigenvalue weighted by Gasteiger charge is -2.08. The lowest BCUT2D eigenvalue weighted by Crippen LogP contribution is -1.89. The largest absolute Gasteiger partial charge is 0.507 e. The first-order valence-electron chi connectivity index (χ1n) is 6.69. The van der Waals surface area contributed by atoms with E-state index in [-0.39, 0.29) is 5.75 Å². The number of phenolic OH excluding ortho intramolecular Hbond substituents is 1. The Labute approximate surface area is 114 Å². The molecule has 0 saturated heterocycles. The summed E-state index contributed by atoms with van der Waals surface area (Å²) in [6.45, 7) is 4.27. The van der Waals surface area contributed by atoms with Gasteiger partial charge in [-0.05, 0) is 36.1 Å². The van der Waals surface area contributed by atoms with Gasteiger partial charge in [0.2, 0.25) is 0 Å². The van der Waals surface area contributed by atoms with Crippen LogP contribution in [-0.4, -0.2) is 11.3 Å². The average molecular weight is 253 g/mol. The zero-order valence-electron chi connectivity index (χ0n) is 11.4. The van der Waals surface area contributed by atoms with Gasteiger partial charge in [0, 0.05) is 11.8 Å². The minimum atomic E-state index is 0.262. The number of hydrogen-bond donors (Lipinski definition) is 1. The fourth-order valence-electron chi connectivity index (χ4n) is 2.11. The van der Waals surface area contributed by atoms with Gasteiger partial charge in [-0.3, -0.25) is 4.99 Å². The maximum Gasteiger partial charge on any atom is 0.124 e. The van der Waals surface area contributed by atoms with Crippen molar-refractivity contribution < 1.29 is 5.11 Å². The van der Waals surface area contributed by atoms with Crippen molar-refractivity contribution in [1.29, 1.82) is 0 Å². The van der Waals surface area contributed by atoms with Gasteiger partial charge >= 0.3 is 0 Å². The summed E-state index contributed by atoms with van der Waals surface area (Å²) >= 11 is 0. The molecule has 2 nitrogen and oxygen atoms in total. The molecule has 0 heterocycles. The highest BCUT2D eigenvalue weighted by atomic mass is 16.3. The van der Waals surface area contributed by atoms with Crippen molar-refractivity contribution in [3.63, 3.8) is 0 Å². The molecule has 2 rings (SSSR count). The third kappa shape index (κ3) is 3.02. The molecular weight excluding hydrogens is 234 g/mol. The monoisotopic (exact) mass is 253 g/mol. The number of hydrogen-bond acceptors (Lipinski definition) is 2. The van der Waals surface area contributed by atoms with Crippen LogP contribution < -0.4 is 0 Å². The second kappa shape index (κ2) is 6.19. The van der Waals surface area contributed by atoms with Crippen molar-refractivity contribution >= 4 is 11.9 Å². The van der Waals surface area contributed by atoms with E-state index in [1.165, 1.54) is 11.1 Å². The van der Waals surface area contributed by atoms with Crippen molar-refractivity contribution in [3.05, 3.63) is 59.2 Å². The molecular formula is C17H19NO. The second-order valence-electron chi connectivity index (χ2n) is 4.45. The normalized spacial score (nSPS) is 11.1. The summed E-state index contributed by atoms with van der Waals surface area (Å²) in [5.41, 5.74) is 4.27. The van der Waals surface area contributed by atoms with Crippen molar-refractivity contribution in [2.75, 3.05) is 0 Å². The molecule has 0 bridgehead atoms. The Hall–Kier alpha value is -2.09. The molecule has 0 aliphatic carbocycles. The molecule has 0 radical (unpaired) electrons. The van der Waals surface area contributed by atoms with Crippen molar-refractivity contribution in [2.45, 2.75) is 26.7 Å². The van der Waals surface area contributed by atoms with Crippen LogP contribution in [0.15, 0.2) is 47.5 Å². The Balaban J connectivity index is 2.40. The van der Waals surface area contributed by atoms with Gasteiger partial charge in [0.15, 0.2) is 0 Å². The first-order chi connectivity index (χ1) is 9.26. The number of aromatic hydroxyl groups is 1. The van der Waals surface area contributed by atoms with Gasteiger partial charge in [0.1, 0.15) is 5.75 Å². The summed E-state index contributed by atoms with van der Waals surface area (Å²) in [6.07, 6.45) is 3.66. The van der Waals surface area contributed by atoms with E-state index >= 15 is 0 Å². The van der Waals surface area contributed by atoms with Crippen LogP contribution in [0.2, 0.25) is 0 Å². The minimum absolute atomic E-state index is 0.262. The molecule has 0 aliphatic heterocycles. The van der Waals surface area contributed by atoms with Gasteiger partial charge < -0.3 is 5.11 Å². The zero-order valence-corrected chi connectivity index (χ0v) is 11.4. The molecule has 1 N–H and O–H groups in total. The van der Waals surface area contributed by atoms with E-state index in [0.717, 1.165) is 24.1 Å². The van der Waals surface area contributed by atoms with Crippen LogP contribution in [0.4, 0.5) is 5.69 Å².